The number of para-hydroxylation sites is 2. The third-order valence-corrected chi connectivity index (χ3v) is 3.83. The lowest BCUT2D eigenvalue weighted by atomic mass is 10.1. The molecule has 0 aliphatic heterocycles. The van der Waals surface area contributed by atoms with Crippen molar-refractivity contribution in [2.24, 2.45) is 0 Å². The van der Waals surface area contributed by atoms with E-state index in [1.54, 1.807) is 18.2 Å². The first-order valence-electron chi connectivity index (χ1n) is 8.15. The number of aryl methyl sites for hydroxylation is 2. The Bertz CT molecular complexity index is 856. The van der Waals surface area contributed by atoms with Crippen LogP contribution in [-0.2, 0) is 17.6 Å². The minimum absolute atomic E-state index is 0.0338. The Kier molecular flexibility index (Phi) is 5.09. The monoisotopic (exact) mass is 337 g/mol. The average molecular weight is 337 g/mol. The predicted octanol–water partition coefficient (Wildman–Crippen LogP) is 3.58. The zero-order chi connectivity index (χ0) is 17.6. The van der Waals surface area contributed by atoms with E-state index in [1.165, 1.54) is 11.6 Å². The summed E-state index contributed by atoms with van der Waals surface area (Å²) in [5.74, 6) is 0.723. The normalized spacial score (nSPS) is 10.6. The van der Waals surface area contributed by atoms with Gasteiger partial charge in [0.15, 0.2) is 0 Å². The smallest absolute Gasteiger partial charge is 0.227 e. The maximum Gasteiger partial charge on any atom is 0.227 e. The summed E-state index contributed by atoms with van der Waals surface area (Å²) in [6.07, 6.45) is 1.49. The zero-order valence-electron chi connectivity index (χ0n) is 13.9. The molecule has 0 saturated heterocycles. The molecule has 6 heteroatoms. The number of amides is 1. The van der Waals surface area contributed by atoms with E-state index in [-0.39, 0.29) is 18.1 Å². The molecule has 2 N–H and O–H groups in total. The molecule has 1 heterocycles. The van der Waals surface area contributed by atoms with Crippen molar-refractivity contribution in [2.75, 3.05) is 5.32 Å². The molecule has 2 aromatic carbocycles. The molecule has 0 bridgehead atoms. The Balaban J connectivity index is 1.58. The molecule has 0 aliphatic carbocycles. The van der Waals surface area contributed by atoms with E-state index in [4.69, 9.17) is 4.52 Å². The molecule has 6 nitrogen and oxygen atoms in total. The molecule has 1 amide bonds. The topological polar surface area (TPSA) is 88.2 Å². The number of phenolic OH excluding ortho intramolecular Hbond substituents is 1. The van der Waals surface area contributed by atoms with E-state index in [2.05, 4.69) is 22.4 Å². The SMILES string of the molecule is CCc1ccc(-c2noc(CCC(=O)Nc3ccccc3O)n2)cc1. The van der Waals surface area contributed by atoms with Crippen LogP contribution in [0.4, 0.5) is 5.69 Å². The molecule has 0 atom stereocenters. The molecule has 0 unspecified atom stereocenters. The maximum atomic E-state index is 12.0. The van der Waals surface area contributed by atoms with Crippen LogP contribution in [0.2, 0.25) is 0 Å². The Hall–Kier alpha value is -3.15. The van der Waals surface area contributed by atoms with Gasteiger partial charge in [-0.3, -0.25) is 4.79 Å². The van der Waals surface area contributed by atoms with Crippen molar-refractivity contribution in [3.63, 3.8) is 0 Å². The number of anilines is 1. The summed E-state index contributed by atoms with van der Waals surface area (Å²) in [4.78, 5) is 16.3. The van der Waals surface area contributed by atoms with Crippen molar-refractivity contribution in [2.45, 2.75) is 26.2 Å². The van der Waals surface area contributed by atoms with Gasteiger partial charge < -0.3 is 14.9 Å². The van der Waals surface area contributed by atoms with E-state index in [1.807, 2.05) is 24.3 Å². The van der Waals surface area contributed by atoms with Gasteiger partial charge in [-0.25, -0.2) is 0 Å². The van der Waals surface area contributed by atoms with E-state index in [9.17, 15) is 9.90 Å². The van der Waals surface area contributed by atoms with Crippen LogP contribution in [0.3, 0.4) is 0 Å². The highest BCUT2D eigenvalue weighted by Gasteiger charge is 2.11. The third-order valence-electron chi connectivity index (χ3n) is 3.83. The molecule has 0 spiro atoms. The number of aromatic hydroxyl groups is 1. The van der Waals surface area contributed by atoms with Crippen molar-refractivity contribution in [3.05, 3.63) is 60.0 Å². The second-order valence-corrected chi connectivity index (χ2v) is 5.63. The molecule has 3 rings (SSSR count). The van der Waals surface area contributed by atoms with E-state index in [0.717, 1.165) is 12.0 Å². The van der Waals surface area contributed by atoms with Crippen LogP contribution in [0.15, 0.2) is 53.1 Å². The second-order valence-electron chi connectivity index (χ2n) is 5.63. The van der Waals surface area contributed by atoms with Crippen molar-refractivity contribution in [1.82, 2.24) is 10.1 Å². The fourth-order valence-corrected chi connectivity index (χ4v) is 2.38. The first-order valence-corrected chi connectivity index (χ1v) is 8.15. The number of benzene rings is 2. The molecular weight excluding hydrogens is 318 g/mol. The number of nitrogens with one attached hydrogen (secondary N) is 1. The highest BCUT2D eigenvalue weighted by Crippen LogP contribution is 2.22. The Morgan fingerprint density at radius 2 is 1.92 bits per heavy atom. The number of carbonyl (C=O) groups is 1. The van der Waals surface area contributed by atoms with E-state index in [0.29, 0.717) is 23.8 Å². The van der Waals surface area contributed by atoms with Gasteiger partial charge in [-0.1, -0.05) is 48.5 Å². The van der Waals surface area contributed by atoms with Crippen LogP contribution in [-0.4, -0.2) is 21.2 Å². The number of rotatable bonds is 6. The molecule has 128 valence electrons. The highest BCUT2D eigenvalue weighted by atomic mass is 16.5. The standard InChI is InChI=1S/C19H19N3O3/c1-2-13-7-9-14(10-8-13)19-21-18(25-22-19)12-11-17(24)20-15-5-3-4-6-16(15)23/h3-10,23H,2,11-12H2,1H3,(H,20,24). The van der Waals surface area contributed by atoms with E-state index >= 15 is 0 Å². The van der Waals surface area contributed by atoms with Crippen molar-refractivity contribution < 1.29 is 14.4 Å². The van der Waals surface area contributed by atoms with Crippen LogP contribution in [0.1, 0.15) is 24.8 Å². The molecule has 0 fully saturated rings. The number of hydrogen-bond donors (Lipinski definition) is 2. The molecule has 1 aromatic heterocycles. The van der Waals surface area contributed by atoms with Gasteiger partial charge in [-0.05, 0) is 24.1 Å². The molecule has 0 aliphatic rings. The van der Waals surface area contributed by atoms with Crippen molar-refractivity contribution in [1.29, 1.82) is 0 Å². The van der Waals surface area contributed by atoms with Crippen LogP contribution in [0.5, 0.6) is 5.75 Å². The van der Waals surface area contributed by atoms with Gasteiger partial charge >= 0.3 is 0 Å². The lowest BCUT2D eigenvalue weighted by Crippen LogP contribution is -2.12. The van der Waals surface area contributed by atoms with Crippen LogP contribution in [0.25, 0.3) is 11.4 Å². The average Bonchev–Trinajstić information content (AvgIpc) is 3.11. The van der Waals surface area contributed by atoms with Gasteiger partial charge in [0.25, 0.3) is 0 Å². The number of aromatic nitrogens is 2. The fraction of sp³-hybridized carbons (Fsp3) is 0.211. The maximum absolute atomic E-state index is 12.0. The van der Waals surface area contributed by atoms with Gasteiger partial charge in [0.05, 0.1) is 5.69 Å². The Morgan fingerprint density at radius 1 is 1.16 bits per heavy atom. The molecule has 0 saturated carbocycles. The van der Waals surface area contributed by atoms with Crippen LogP contribution >= 0.6 is 0 Å². The summed E-state index contributed by atoms with van der Waals surface area (Å²) >= 11 is 0. The predicted molar refractivity (Wildman–Crippen MR) is 94.2 cm³/mol. The van der Waals surface area contributed by atoms with Gasteiger partial charge in [-0.15, -0.1) is 0 Å². The lowest BCUT2D eigenvalue weighted by Gasteiger charge is -2.05. The lowest BCUT2D eigenvalue weighted by molar-refractivity contribution is -0.116. The second kappa shape index (κ2) is 7.61. The van der Waals surface area contributed by atoms with Gasteiger partial charge in [0.2, 0.25) is 17.6 Å². The summed E-state index contributed by atoms with van der Waals surface area (Å²) in [6, 6.07) is 14.6. The number of nitrogens with zero attached hydrogens (tertiary/aromatic N) is 2. The number of carbonyl (C=O) groups excluding carboxylic acids is 1. The zero-order valence-corrected chi connectivity index (χ0v) is 13.9. The van der Waals surface area contributed by atoms with Crippen molar-refractivity contribution >= 4 is 11.6 Å². The van der Waals surface area contributed by atoms with Crippen LogP contribution in [0, 0.1) is 0 Å². The highest BCUT2D eigenvalue weighted by molar-refractivity contribution is 5.92. The summed E-state index contributed by atoms with van der Waals surface area (Å²) in [6.45, 7) is 2.10. The van der Waals surface area contributed by atoms with Crippen LogP contribution < -0.4 is 5.32 Å². The molecule has 3 aromatic rings. The van der Waals surface area contributed by atoms with E-state index < -0.39 is 0 Å². The van der Waals surface area contributed by atoms with Gasteiger partial charge in [0.1, 0.15) is 5.75 Å². The molecule has 0 radical (unpaired) electrons. The summed E-state index contributed by atoms with van der Waals surface area (Å²) in [7, 11) is 0. The summed E-state index contributed by atoms with van der Waals surface area (Å²) in [5, 5.41) is 16.3. The minimum Gasteiger partial charge on any atom is -0.506 e. The first-order chi connectivity index (χ1) is 12.2. The van der Waals surface area contributed by atoms with Crippen molar-refractivity contribution in [3.8, 4) is 17.1 Å². The summed E-state index contributed by atoms with van der Waals surface area (Å²) in [5.41, 5.74) is 2.51. The fourth-order valence-electron chi connectivity index (χ4n) is 2.38. The molecular formula is C19H19N3O3. The quantitative estimate of drug-likeness (QED) is 0.671. The first kappa shape index (κ1) is 16.7. The summed E-state index contributed by atoms with van der Waals surface area (Å²) < 4.78 is 5.21. The Labute approximate surface area is 145 Å². The van der Waals surface area contributed by atoms with Gasteiger partial charge in [0, 0.05) is 18.4 Å². The third kappa shape index (κ3) is 4.23. The largest absolute Gasteiger partial charge is 0.506 e. The minimum atomic E-state index is -0.228. The van der Waals surface area contributed by atoms with Gasteiger partial charge in [-0.2, -0.15) is 4.98 Å². The number of phenols is 1. The Morgan fingerprint density at radius 3 is 2.64 bits per heavy atom. The number of hydrogen-bond acceptors (Lipinski definition) is 5. The molecule has 25 heavy (non-hydrogen) atoms.